The number of epoxide rings is 1. The third-order valence-corrected chi connectivity index (χ3v) is 17.5. The van der Waals surface area contributed by atoms with Gasteiger partial charge < -0.3 is 36.2 Å². The molecule has 322 valence electrons. The predicted octanol–water partition coefficient (Wildman–Crippen LogP) is 7.61. The molecule has 1 saturated heterocycles. The molecule has 0 spiro atoms. The normalized spacial score (nSPS) is 40.3. The maximum absolute atomic E-state index is 14.7. The molecule has 0 radical (unpaired) electrons. The fourth-order valence-electron chi connectivity index (χ4n) is 15.4. The van der Waals surface area contributed by atoms with Gasteiger partial charge >= 0.3 is 0 Å². The summed E-state index contributed by atoms with van der Waals surface area (Å²) in [7, 11) is 0. The monoisotopic (exact) mass is 811 g/mol. The van der Waals surface area contributed by atoms with Crippen LogP contribution < -0.4 is 11.1 Å². The number of anilines is 1. The molecule has 4 saturated carbocycles. The van der Waals surface area contributed by atoms with Crippen molar-refractivity contribution in [2.75, 3.05) is 18.9 Å². The number of phenols is 1. The molecule has 2 aromatic carbocycles. The smallest absolute Gasteiger partial charge is 0.159 e. The highest BCUT2D eigenvalue weighted by atomic mass is 16.6. The minimum atomic E-state index is -0.727. The number of rotatable bonds is 12. The molecule has 59 heavy (non-hydrogen) atoms. The molecular formula is C50H70N2O7. The number of ether oxygens (including phenoxy) is 1. The van der Waals surface area contributed by atoms with Gasteiger partial charge in [-0.1, -0.05) is 70.9 Å². The van der Waals surface area contributed by atoms with E-state index in [1.807, 2.05) is 24.3 Å². The number of phenolic OH excluding ortho intramolecular Hbond substituents is 1. The van der Waals surface area contributed by atoms with Gasteiger partial charge in [0.1, 0.15) is 17.6 Å². The zero-order valence-electron chi connectivity index (χ0n) is 36.5. The number of allylic oxidation sites excluding steroid dienone is 2. The first-order valence-electron chi connectivity index (χ1n) is 22.7. The number of carbonyl (C=O) groups is 2. The lowest BCUT2D eigenvalue weighted by Gasteiger charge is -2.71. The molecule has 1 aliphatic heterocycles. The van der Waals surface area contributed by atoms with Gasteiger partial charge in [-0.15, -0.1) is 0 Å². The maximum atomic E-state index is 14.7. The number of benzene rings is 2. The fourth-order valence-corrected chi connectivity index (χ4v) is 15.4. The Bertz CT molecular complexity index is 1990. The van der Waals surface area contributed by atoms with E-state index >= 15 is 0 Å². The summed E-state index contributed by atoms with van der Waals surface area (Å²) in [6, 6.07) is 15.2. The zero-order valence-corrected chi connectivity index (χ0v) is 36.5. The Kier molecular flexibility index (Phi) is 10.9. The SMILES string of the molecule is C[C@H](O)CN[C@H]1C[C@@]2(CCO)[C@@H](CCC3=C([C@H](C)C[C@@H](O)[C@@H]4O[C@]4(C)[C@H]4CCC[C@H]4c4cccc(N)c4)C(=O)C[C@@]32C)[C@@]2(C)C[C@@H](c3cccc(O)c3)C(=O)C(C)(C)[C@H]12. The van der Waals surface area contributed by atoms with E-state index in [1.165, 1.54) is 11.1 Å². The second-order valence-electron chi connectivity index (χ2n) is 21.3. The van der Waals surface area contributed by atoms with Gasteiger partial charge in [0.05, 0.1) is 17.8 Å². The van der Waals surface area contributed by atoms with Crippen molar-refractivity contribution >= 4 is 17.3 Å². The van der Waals surface area contributed by atoms with Crippen molar-refractivity contribution in [2.45, 2.75) is 154 Å². The van der Waals surface area contributed by atoms with Crippen LogP contribution in [0.1, 0.15) is 136 Å². The van der Waals surface area contributed by atoms with Crippen molar-refractivity contribution in [2.24, 2.45) is 45.3 Å². The van der Waals surface area contributed by atoms with Gasteiger partial charge in [0.25, 0.3) is 0 Å². The van der Waals surface area contributed by atoms with Crippen molar-refractivity contribution in [3.05, 3.63) is 70.8 Å². The second-order valence-corrected chi connectivity index (χ2v) is 21.3. The number of nitrogens with two attached hydrogens (primary N) is 1. The van der Waals surface area contributed by atoms with Crippen LogP contribution in [0.15, 0.2) is 59.7 Å². The van der Waals surface area contributed by atoms with Crippen LogP contribution >= 0.6 is 0 Å². The summed E-state index contributed by atoms with van der Waals surface area (Å²) in [5, 5.41) is 47.8. The lowest BCUT2D eigenvalue weighted by Crippen LogP contribution is -2.70. The Hall–Kier alpha value is -3.08. The van der Waals surface area contributed by atoms with E-state index in [9.17, 15) is 30.0 Å². The van der Waals surface area contributed by atoms with Crippen molar-refractivity contribution in [3.63, 3.8) is 0 Å². The number of carbonyl (C=O) groups excluding carboxylic acids is 2. The lowest BCUT2D eigenvalue weighted by atomic mass is 9.33. The number of ketones is 2. The molecular weight excluding hydrogens is 741 g/mol. The standard InChI is InChI=1S/C50H70N2O7/c1-28(21-39(56)45-49(7,59-45)36-16-10-15-34(36)30-11-8-13-32(51)22-30)42-37-17-18-41-47(5)24-35(31-12-9-14-33(55)23-31)44(58)46(3,4)43(47)38(52-27-29(2)54)25-50(41,19-20-53)48(37,6)26-40(42)57/h8-9,11-14,22-23,28-29,34-36,38-39,41,43,45,52-56H,10,15-21,24-27,51H2,1-7H3/t28-,29+,34+,35+,36+,38+,39-,41+,43+,45+,47-,48+,49-,50+/m1/s1. The molecule has 2 aromatic rings. The molecule has 8 rings (SSSR count). The first-order valence-corrected chi connectivity index (χ1v) is 22.7. The minimum Gasteiger partial charge on any atom is -0.508 e. The second kappa shape index (κ2) is 15.1. The van der Waals surface area contributed by atoms with Crippen LogP contribution in [0, 0.1) is 45.3 Å². The van der Waals surface area contributed by atoms with Crippen LogP contribution in [0.2, 0.25) is 0 Å². The van der Waals surface area contributed by atoms with E-state index in [2.05, 4.69) is 59.0 Å². The van der Waals surface area contributed by atoms with E-state index in [0.29, 0.717) is 44.6 Å². The zero-order chi connectivity index (χ0) is 42.4. The average Bonchev–Trinajstić information content (AvgIpc) is 3.47. The number of nitrogen functional groups attached to an aromatic ring is 1. The molecule has 0 amide bonds. The van der Waals surface area contributed by atoms with E-state index in [4.69, 9.17) is 10.5 Å². The van der Waals surface area contributed by atoms with Crippen LogP contribution in [0.5, 0.6) is 5.75 Å². The van der Waals surface area contributed by atoms with E-state index in [-0.39, 0.29) is 65.2 Å². The van der Waals surface area contributed by atoms with E-state index < -0.39 is 40.0 Å². The lowest BCUT2D eigenvalue weighted by molar-refractivity contribution is -0.203. The third-order valence-electron chi connectivity index (χ3n) is 17.5. The molecule has 0 unspecified atom stereocenters. The number of aliphatic hydroxyl groups is 3. The molecule has 7 N–H and O–H groups in total. The van der Waals surface area contributed by atoms with Gasteiger partial charge in [-0.2, -0.15) is 0 Å². The Balaban J connectivity index is 1.12. The number of aliphatic hydroxyl groups excluding tert-OH is 3. The average molecular weight is 811 g/mol. The van der Waals surface area contributed by atoms with Crippen LogP contribution in [-0.4, -0.2) is 75.1 Å². The molecule has 9 nitrogen and oxygen atoms in total. The molecule has 9 heteroatoms. The maximum Gasteiger partial charge on any atom is 0.159 e. The molecule has 0 bridgehead atoms. The number of hydrogen-bond donors (Lipinski definition) is 6. The Morgan fingerprint density at radius 1 is 0.949 bits per heavy atom. The first kappa shape index (κ1) is 42.6. The highest BCUT2D eigenvalue weighted by Gasteiger charge is 2.72. The summed E-state index contributed by atoms with van der Waals surface area (Å²) < 4.78 is 6.48. The first-order chi connectivity index (χ1) is 27.8. The van der Waals surface area contributed by atoms with Gasteiger partial charge in [0.15, 0.2) is 5.78 Å². The summed E-state index contributed by atoms with van der Waals surface area (Å²) in [4.78, 5) is 29.3. The number of nitrogens with one attached hydrogen (secondary N) is 1. The van der Waals surface area contributed by atoms with Gasteiger partial charge in [0.2, 0.25) is 0 Å². The van der Waals surface area contributed by atoms with Gasteiger partial charge in [-0.3, -0.25) is 9.59 Å². The molecule has 5 aliphatic carbocycles. The van der Waals surface area contributed by atoms with Crippen LogP contribution in [0.4, 0.5) is 5.69 Å². The fraction of sp³-hybridized carbons (Fsp3) is 0.680. The van der Waals surface area contributed by atoms with Crippen molar-refractivity contribution < 1.29 is 34.8 Å². The van der Waals surface area contributed by atoms with E-state index in [0.717, 1.165) is 48.9 Å². The topological polar surface area (TPSA) is 166 Å². The highest BCUT2D eigenvalue weighted by Crippen LogP contribution is 2.76. The Morgan fingerprint density at radius 3 is 2.37 bits per heavy atom. The molecule has 5 fully saturated rings. The number of Topliss-reactive ketones (excluding diaryl/α,β-unsaturated/α-hetero) is 2. The van der Waals surface area contributed by atoms with Crippen LogP contribution in [0.3, 0.4) is 0 Å². The minimum absolute atomic E-state index is 0.0192. The van der Waals surface area contributed by atoms with Crippen molar-refractivity contribution in [1.29, 1.82) is 0 Å². The van der Waals surface area contributed by atoms with Crippen LogP contribution in [-0.2, 0) is 14.3 Å². The van der Waals surface area contributed by atoms with Crippen molar-refractivity contribution in [3.8, 4) is 5.75 Å². The van der Waals surface area contributed by atoms with Gasteiger partial charge in [-0.25, -0.2) is 0 Å². The Labute approximate surface area is 351 Å². The van der Waals surface area contributed by atoms with E-state index in [1.54, 1.807) is 19.1 Å². The predicted molar refractivity (Wildman–Crippen MR) is 230 cm³/mol. The summed E-state index contributed by atoms with van der Waals surface area (Å²) in [6.07, 6.45) is 5.83. The molecule has 1 heterocycles. The van der Waals surface area contributed by atoms with Gasteiger partial charge in [-0.05, 0) is 147 Å². The Morgan fingerprint density at radius 2 is 1.68 bits per heavy atom. The van der Waals surface area contributed by atoms with Gasteiger partial charge in [0, 0.05) is 48.0 Å². The van der Waals surface area contributed by atoms with Crippen LogP contribution in [0.25, 0.3) is 0 Å². The summed E-state index contributed by atoms with van der Waals surface area (Å²) in [5.41, 5.74) is 8.52. The third kappa shape index (κ3) is 6.66. The summed E-state index contributed by atoms with van der Waals surface area (Å²) >= 11 is 0. The number of hydrogen-bond acceptors (Lipinski definition) is 9. The number of fused-ring (bicyclic) bond motifs is 5. The summed E-state index contributed by atoms with van der Waals surface area (Å²) in [5.74, 6) is 0.538. The molecule has 6 aliphatic rings. The van der Waals surface area contributed by atoms with Crippen molar-refractivity contribution in [1.82, 2.24) is 5.32 Å². The quantitative estimate of drug-likeness (QED) is 0.0935. The molecule has 14 atom stereocenters. The largest absolute Gasteiger partial charge is 0.508 e. The molecule has 0 aromatic heterocycles. The highest BCUT2D eigenvalue weighted by molar-refractivity contribution is 6.00. The number of aromatic hydroxyl groups is 1. The summed E-state index contributed by atoms with van der Waals surface area (Å²) in [6.45, 7) is 15.2.